The molecule has 0 radical (unpaired) electrons. The van der Waals surface area contributed by atoms with Gasteiger partial charge in [-0.2, -0.15) is 0 Å². The fraction of sp³-hybridized carbons (Fsp3) is 0.0833. The van der Waals surface area contributed by atoms with Gasteiger partial charge in [0.05, 0.1) is 10.9 Å². The van der Waals surface area contributed by atoms with E-state index < -0.39 is 24.0 Å². The van der Waals surface area contributed by atoms with Gasteiger partial charge in [0.2, 0.25) is 5.91 Å². The molecule has 6 nitrogen and oxygen atoms in total. The summed E-state index contributed by atoms with van der Waals surface area (Å²) in [5.74, 6) is -1.28. The highest BCUT2D eigenvalue weighted by Gasteiger charge is 2.31. The third-order valence-electron chi connectivity index (χ3n) is 4.28. The number of carbonyl (C=O) groups excluding carboxylic acids is 1. The Morgan fingerprint density at radius 3 is 2.15 bits per heavy atom. The van der Waals surface area contributed by atoms with Gasteiger partial charge in [-0.1, -0.05) is 36.4 Å². The Morgan fingerprint density at radius 2 is 1.56 bits per heavy atom. The summed E-state index contributed by atoms with van der Waals surface area (Å²) in [4.78, 5) is 23.8. The molecule has 34 heavy (non-hydrogen) atoms. The first-order valence-electron chi connectivity index (χ1n) is 9.71. The molecule has 0 bridgehead atoms. The molecule has 3 aromatic rings. The van der Waals surface area contributed by atoms with Gasteiger partial charge in [0.1, 0.15) is 22.9 Å². The van der Waals surface area contributed by atoms with Crippen LogP contribution < -0.4 is 14.8 Å². The molecule has 0 unspecified atom stereocenters. The van der Waals surface area contributed by atoms with Gasteiger partial charge in [-0.25, -0.2) is 4.79 Å². The molecular formula is C24H17BrF3NO5. The Balaban J connectivity index is 1.64. The van der Waals surface area contributed by atoms with E-state index in [0.29, 0.717) is 22.6 Å². The van der Waals surface area contributed by atoms with Gasteiger partial charge in [-0.15, -0.1) is 13.2 Å². The first-order valence-corrected chi connectivity index (χ1v) is 10.5. The molecule has 0 spiro atoms. The SMILES string of the molecule is O=C(Cc1ccc(OC(F)(F)F)cc1)N/C(=C/c1ccc(Oc2ccccc2Br)cc1)C(=O)O. The summed E-state index contributed by atoms with van der Waals surface area (Å²) in [6.07, 6.45) is -3.78. The van der Waals surface area contributed by atoms with Gasteiger partial charge >= 0.3 is 12.3 Å². The van der Waals surface area contributed by atoms with Crippen molar-refractivity contribution in [2.75, 3.05) is 0 Å². The molecule has 1 amide bonds. The number of benzene rings is 3. The Kier molecular flexibility index (Phi) is 7.95. The molecule has 0 atom stereocenters. The van der Waals surface area contributed by atoms with Gasteiger partial charge in [0.25, 0.3) is 0 Å². The van der Waals surface area contributed by atoms with Crippen LogP contribution >= 0.6 is 15.9 Å². The van der Waals surface area contributed by atoms with Crippen molar-refractivity contribution in [1.29, 1.82) is 0 Å². The van der Waals surface area contributed by atoms with Gasteiger partial charge in [-0.3, -0.25) is 4.79 Å². The molecule has 0 fully saturated rings. The average molecular weight is 536 g/mol. The summed E-state index contributed by atoms with van der Waals surface area (Å²) in [6.45, 7) is 0. The van der Waals surface area contributed by atoms with Crippen molar-refractivity contribution >= 4 is 33.9 Å². The lowest BCUT2D eigenvalue weighted by atomic mass is 10.1. The maximum atomic E-state index is 12.3. The molecule has 3 rings (SSSR count). The number of aliphatic carboxylic acids is 1. The highest BCUT2D eigenvalue weighted by atomic mass is 79.9. The van der Waals surface area contributed by atoms with Crippen LogP contribution in [0.3, 0.4) is 0 Å². The quantitative estimate of drug-likeness (QED) is 0.349. The molecule has 0 saturated carbocycles. The zero-order chi connectivity index (χ0) is 24.7. The van der Waals surface area contributed by atoms with Crippen molar-refractivity contribution < 1.29 is 37.3 Å². The van der Waals surface area contributed by atoms with Gasteiger partial charge < -0.3 is 19.9 Å². The molecule has 2 N–H and O–H groups in total. The normalized spacial score (nSPS) is 11.6. The minimum Gasteiger partial charge on any atom is -0.477 e. The number of amides is 1. The van der Waals surface area contributed by atoms with E-state index in [1.54, 1.807) is 30.3 Å². The van der Waals surface area contributed by atoms with Crippen LogP contribution in [0.1, 0.15) is 11.1 Å². The number of hydrogen-bond acceptors (Lipinski definition) is 4. The second-order valence-electron chi connectivity index (χ2n) is 6.88. The predicted molar refractivity (Wildman–Crippen MR) is 121 cm³/mol. The van der Waals surface area contributed by atoms with E-state index in [4.69, 9.17) is 4.74 Å². The van der Waals surface area contributed by atoms with E-state index in [2.05, 4.69) is 26.0 Å². The number of alkyl halides is 3. The second-order valence-corrected chi connectivity index (χ2v) is 7.74. The predicted octanol–water partition coefficient (Wildman–Crippen LogP) is 5.92. The van der Waals surface area contributed by atoms with Crippen molar-refractivity contribution in [1.82, 2.24) is 5.32 Å². The first-order chi connectivity index (χ1) is 16.1. The number of carboxylic acid groups (broad SMARTS) is 1. The van der Waals surface area contributed by atoms with Gasteiger partial charge in [0, 0.05) is 0 Å². The molecule has 0 saturated heterocycles. The minimum absolute atomic E-state index is 0.240. The van der Waals surface area contributed by atoms with Crippen molar-refractivity contribution in [2.24, 2.45) is 0 Å². The molecule has 10 heteroatoms. The lowest BCUT2D eigenvalue weighted by Gasteiger charge is -2.10. The topological polar surface area (TPSA) is 84.9 Å². The third kappa shape index (κ3) is 7.66. The Bertz CT molecular complexity index is 1190. The lowest BCUT2D eigenvalue weighted by molar-refractivity contribution is -0.274. The minimum atomic E-state index is -4.82. The molecule has 176 valence electrons. The third-order valence-corrected chi connectivity index (χ3v) is 4.94. The standard InChI is InChI=1S/C24H17BrF3NO5/c25-19-3-1-2-4-21(19)33-17-9-5-15(6-10-17)13-20(23(31)32)29-22(30)14-16-7-11-18(12-8-16)34-24(26,27)28/h1-13H,14H2,(H,29,30)(H,31,32)/b20-13+. The first kappa shape index (κ1) is 24.8. The summed E-state index contributed by atoms with van der Waals surface area (Å²) in [7, 11) is 0. The number of ether oxygens (including phenoxy) is 2. The van der Waals surface area contributed by atoms with Gasteiger partial charge in [-0.05, 0) is 69.5 Å². The van der Waals surface area contributed by atoms with E-state index in [9.17, 15) is 27.9 Å². The number of carboxylic acids is 1. The van der Waals surface area contributed by atoms with E-state index in [0.717, 1.165) is 16.6 Å². The van der Waals surface area contributed by atoms with E-state index >= 15 is 0 Å². The largest absolute Gasteiger partial charge is 0.573 e. The van der Waals surface area contributed by atoms with E-state index in [1.807, 2.05) is 18.2 Å². The van der Waals surface area contributed by atoms with E-state index in [1.165, 1.54) is 18.2 Å². The number of nitrogens with one attached hydrogen (secondary N) is 1. The molecule has 0 aliphatic heterocycles. The molecular weight excluding hydrogens is 519 g/mol. The Hall–Kier alpha value is -3.79. The summed E-state index contributed by atoms with van der Waals surface area (Å²) in [5.41, 5.74) is 0.526. The molecule has 0 aromatic heterocycles. The Labute approximate surface area is 200 Å². The second kappa shape index (κ2) is 10.9. The maximum absolute atomic E-state index is 12.3. The number of halogens is 4. The van der Waals surface area contributed by atoms with Crippen LogP contribution in [0.4, 0.5) is 13.2 Å². The number of hydrogen-bond donors (Lipinski definition) is 2. The highest BCUT2D eigenvalue weighted by molar-refractivity contribution is 9.10. The highest BCUT2D eigenvalue weighted by Crippen LogP contribution is 2.29. The summed E-state index contributed by atoms with van der Waals surface area (Å²) >= 11 is 3.39. The summed E-state index contributed by atoms with van der Waals surface area (Å²) in [6, 6.07) is 18.6. The molecule has 0 aliphatic carbocycles. The van der Waals surface area contributed by atoms with Gasteiger partial charge in [0.15, 0.2) is 0 Å². The monoisotopic (exact) mass is 535 g/mol. The van der Waals surface area contributed by atoms with Crippen molar-refractivity contribution in [2.45, 2.75) is 12.8 Å². The maximum Gasteiger partial charge on any atom is 0.573 e. The summed E-state index contributed by atoms with van der Waals surface area (Å²) < 4.78 is 47.0. The van der Waals surface area contributed by atoms with Crippen molar-refractivity contribution in [3.8, 4) is 17.2 Å². The number of rotatable bonds is 8. The van der Waals surface area contributed by atoms with Crippen LogP contribution in [0, 0.1) is 0 Å². The van der Waals surface area contributed by atoms with Crippen molar-refractivity contribution in [3.05, 3.63) is 94.1 Å². The smallest absolute Gasteiger partial charge is 0.477 e. The summed E-state index contributed by atoms with van der Waals surface area (Å²) in [5, 5.41) is 11.7. The van der Waals surface area contributed by atoms with Crippen LogP contribution in [0.25, 0.3) is 6.08 Å². The number of para-hydroxylation sites is 1. The van der Waals surface area contributed by atoms with Crippen LogP contribution in [-0.2, 0) is 16.0 Å². The van der Waals surface area contributed by atoms with Crippen LogP contribution in [0.15, 0.2) is 83.0 Å². The Morgan fingerprint density at radius 1 is 0.941 bits per heavy atom. The van der Waals surface area contributed by atoms with E-state index in [-0.39, 0.29) is 12.1 Å². The number of carbonyl (C=O) groups is 2. The van der Waals surface area contributed by atoms with Crippen molar-refractivity contribution in [3.63, 3.8) is 0 Å². The zero-order valence-electron chi connectivity index (χ0n) is 17.3. The zero-order valence-corrected chi connectivity index (χ0v) is 18.9. The molecule has 0 heterocycles. The molecule has 3 aromatic carbocycles. The lowest BCUT2D eigenvalue weighted by Crippen LogP contribution is -2.28. The van der Waals surface area contributed by atoms with Crippen LogP contribution in [0.2, 0.25) is 0 Å². The van der Waals surface area contributed by atoms with Crippen LogP contribution in [-0.4, -0.2) is 23.3 Å². The fourth-order valence-electron chi connectivity index (χ4n) is 2.79. The average Bonchev–Trinajstić information content (AvgIpc) is 2.76. The van der Waals surface area contributed by atoms with Crippen LogP contribution in [0.5, 0.6) is 17.2 Å². The fourth-order valence-corrected chi connectivity index (χ4v) is 3.16. The molecule has 0 aliphatic rings.